The number of hydrogen-bond donors (Lipinski definition) is 0. The van der Waals surface area contributed by atoms with Crippen LogP contribution < -0.4 is 4.90 Å². The lowest BCUT2D eigenvalue weighted by Gasteiger charge is -2.39. The first-order valence-corrected chi connectivity index (χ1v) is 9.34. The molecule has 1 amide bonds. The maximum atomic E-state index is 14.2. The summed E-state index contributed by atoms with van der Waals surface area (Å²) in [4.78, 5) is 16.8. The highest BCUT2D eigenvalue weighted by Crippen LogP contribution is 2.47. The van der Waals surface area contributed by atoms with Gasteiger partial charge in [0, 0.05) is 24.2 Å². The van der Waals surface area contributed by atoms with Crippen molar-refractivity contribution in [2.45, 2.75) is 18.3 Å². The largest absolute Gasteiger partial charge is 0.307 e. The zero-order valence-electron chi connectivity index (χ0n) is 15.4. The van der Waals surface area contributed by atoms with Gasteiger partial charge in [0.1, 0.15) is 5.82 Å². The molecule has 0 N–H and O–H groups in total. The van der Waals surface area contributed by atoms with Crippen molar-refractivity contribution >= 4 is 11.6 Å². The Morgan fingerprint density at radius 3 is 2.61 bits per heavy atom. The first-order valence-electron chi connectivity index (χ1n) is 9.34. The number of amides is 1. The van der Waals surface area contributed by atoms with Gasteiger partial charge in [-0.3, -0.25) is 9.69 Å². The number of benzene rings is 2. The lowest BCUT2D eigenvalue weighted by atomic mass is 9.74. The van der Waals surface area contributed by atoms with Crippen LogP contribution in [0.3, 0.4) is 0 Å². The molecule has 146 valence electrons. The molecule has 6 heteroatoms. The lowest BCUT2D eigenvalue weighted by molar-refractivity contribution is 0.0973. The fourth-order valence-corrected chi connectivity index (χ4v) is 4.41. The van der Waals surface area contributed by atoms with Gasteiger partial charge in [-0.25, -0.2) is 13.2 Å². The van der Waals surface area contributed by atoms with E-state index in [1.165, 1.54) is 29.2 Å². The molecule has 2 aliphatic rings. The van der Waals surface area contributed by atoms with Crippen LogP contribution in [0, 0.1) is 17.5 Å². The average Bonchev–Trinajstić information content (AvgIpc) is 2.99. The molecule has 0 bridgehead atoms. The molecule has 0 unspecified atom stereocenters. The quantitative estimate of drug-likeness (QED) is 0.735. The Morgan fingerprint density at radius 1 is 1.14 bits per heavy atom. The van der Waals surface area contributed by atoms with Gasteiger partial charge >= 0.3 is 0 Å². The van der Waals surface area contributed by atoms with Crippen LogP contribution in [0.5, 0.6) is 0 Å². The van der Waals surface area contributed by atoms with Gasteiger partial charge in [-0.2, -0.15) is 0 Å². The number of piperidine rings is 1. The van der Waals surface area contributed by atoms with Gasteiger partial charge in [-0.1, -0.05) is 12.1 Å². The van der Waals surface area contributed by atoms with Crippen molar-refractivity contribution in [1.29, 1.82) is 0 Å². The van der Waals surface area contributed by atoms with Crippen LogP contribution in [0.1, 0.15) is 28.8 Å². The molecule has 1 fully saturated rings. The van der Waals surface area contributed by atoms with E-state index in [4.69, 9.17) is 0 Å². The molecule has 0 saturated carbocycles. The number of carbonyl (C=O) groups excluding carboxylic acids is 1. The minimum Gasteiger partial charge on any atom is -0.307 e. The maximum absolute atomic E-state index is 14.2. The summed E-state index contributed by atoms with van der Waals surface area (Å²) in [6.45, 7) is 6.49. The van der Waals surface area contributed by atoms with Crippen molar-refractivity contribution < 1.29 is 18.0 Å². The molecule has 1 spiro atoms. The number of hydrogen-bond acceptors (Lipinski definition) is 2. The Bertz CT molecular complexity index is 935. The van der Waals surface area contributed by atoms with Crippen LogP contribution in [0.25, 0.3) is 0 Å². The summed E-state index contributed by atoms with van der Waals surface area (Å²) in [5, 5.41) is 0. The molecule has 2 aliphatic heterocycles. The monoisotopic (exact) mass is 386 g/mol. The zero-order valence-corrected chi connectivity index (χ0v) is 15.4. The summed E-state index contributed by atoms with van der Waals surface area (Å²) in [5.41, 5.74) is 0.661. The van der Waals surface area contributed by atoms with E-state index >= 15 is 0 Å². The molecule has 0 aliphatic carbocycles. The molecule has 28 heavy (non-hydrogen) atoms. The van der Waals surface area contributed by atoms with Gasteiger partial charge in [-0.05, 0) is 61.8 Å². The molecular formula is C22H21F3N2O. The third kappa shape index (κ3) is 3.02. The second kappa shape index (κ2) is 7.09. The van der Waals surface area contributed by atoms with E-state index < -0.39 is 17.5 Å². The summed E-state index contributed by atoms with van der Waals surface area (Å²) in [6.07, 6.45) is 3.36. The number of anilines is 1. The van der Waals surface area contributed by atoms with Crippen LogP contribution in [0.4, 0.5) is 18.9 Å². The molecule has 4 rings (SSSR count). The summed E-state index contributed by atoms with van der Waals surface area (Å²) >= 11 is 0. The van der Waals surface area contributed by atoms with Crippen LogP contribution in [0.15, 0.2) is 49.1 Å². The van der Waals surface area contributed by atoms with E-state index in [-0.39, 0.29) is 16.8 Å². The van der Waals surface area contributed by atoms with Crippen LogP contribution in [-0.2, 0) is 5.41 Å². The Kier molecular flexibility index (Phi) is 4.75. The van der Waals surface area contributed by atoms with Crippen molar-refractivity contribution in [3.63, 3.8) is 0 Å². The molecule has 1 saturated heterocycles. The number of nitrogens with zero attached hydrogens (tertiary/aromatic N) is 2. The highest BCUT2D eigenvalue weighted by molar-refractivity contribution is 6.08. The third-order valence-electron chi connectivity index (χ3n) is 5.91. The minimum atomic E-state index is -1.15. The summed E-state index contributed by atoms with van der Waals surface area (Å²) in [6, 6.07) is 7.92. The molecular weight excluding hydrogens is 365 g/mol. The maximum Gasteiger partial charge on any atom is 0.261 e. The smallest absolute Gasteiger partial charge is 0.261 e. The molecule has 0 atom stereocenters. The summed E-state index contributed by atoms with van der Waals surface area (Å²) in [5.74, 6) is -3.18. The van der Waals surface area contributed by atoms with Gasteiger partial charge in [0.2, 0.25) is 0 Å². The third-order valence-corrected chi connectivity index (χ3v) is 5.91. The predicted octanol–water partition coefficient (Wildman–Crippen LogP) is 4.28. The normalized spacial score (nSPS) is 18.3. The number of likely N-dealkylation sites (tertiary alicyclic amines) is 1. The van der Waals surface area contributed by atoms with E-state index in [0.29, 0.717) is 12.2 Å². The summed E-state index contributed by atoms with van der Waals surface area (Å²) < 4.78 is 41.9. The highest BCUT2D eigenvalue weighted by atomic mass is 19.2. The predicted molar refractivity (Wildman–Crippen MR) is 102 cm³/mol. The topological polar surface area (TPSA) is 23.6 Å². The summed E-state index contributed by atoms with van der Waals surface area (Å²) in [7, 11) is 0. The second-order valence-electron chi connectivity index (χ2n) is 7.52. The lowest BCUT2D eigenvalue weighted by Crippen LogP contribution is -2.46. The SMILES string of the molecule is C=CCN1CCC2(CC1)CN(C(=O)c1cccc(F)c1F)c1ccc(F)cc12. The molecule has 2 aromatic carbocycles. The van der Waals surface area contributed by atoms with Gasteiger partial charge < -0.3 is 4.90 Å². The Balaban J connectivity index is 1.71. The molecule has 0 aromatic heterocycles. The van der Waals surface area contributed by atoms with E-state index in [1.54, 1.807) is 6.07 Å². The minimum absolute atomic E-state index is 0.309. The van der Waals surface area contributed by atoms with Crippen LogP contribution in [0.2, 0.25) is 0 Å². The number of halogens is 3. The van der Waals surface area contributed by atoms with Gasteiger partial charge in [0.05, 0.1) is 5.56 Å². The van der Waals surface area contributed by atoms with Crippen molar-refractivity contribution in [1.82, 2.24) is 4.90 Å². The van der Waals surface area contributed by atoms with Gasteiger partial charge in [0.15, 0.2) is 11.6 Å². The molecule has 2 heterocycles. The second-order valence-corrected chi connectivity index (χ2v) is 7.52. The Morgan fingerprint density at radius 2 is 1.89 bits per heavy atom. The van der Waals surface area contributed by atoms with Gasteiger partial charge in [0.25, 0.3) is 5.91 Å². The molecule has 2 aromatic rings. The number of rotatable bonds is 3. The van der Waals surface area contributed by atoms with Crippen molar-refractivity contribution in [2.75, 3.05) is 31.1 Å². The van der Waals surface area contributed by atoms with Crippen LogP contribution in [-0.4, -0.2) is 37.0 Å². The van der Waals surface area contributed by atoms with E-state index in [0.717, 1.165) is 44.1 Å². The van der Waals surface area contributed by atoms with Crippen molar-refractivity contribution in [3.05, 3.63) is 77.6 Å². The van der Waals surface area contributed by atoms with Gasteiger partial charge in [-0.15, -0.1) is 6.58 Å². The highest BCUT2D eigenvalue weighted by Gasteiger charge is 2.46. The fourth-order valence-electron chi connectivity index (χ4n) is 4.41. The first kappa shape index (κ1) is 18.7. The Labute approximate surface area is 162 Å². The van der Waals surface area contributed by atoms with E-state index in [2.05, 4.69) is 11.5 Å². The number of fused-ring (bicyclic) bond motifs is 2. The first-order chi connectivity index (χ1) is 13.4. The zero-order chi connectivity index (χ0) is 19.9. The van der Waals surface area contributed by atoms with Crippen LogP contribution >= 0.6 is 0 Å². The molecule has 0 radical (unpaired) electrons. The number of carbonyl (C=O) groups is 1. The Hall–Kier alpha value is -2.60. The van der Waals surface area contributed by atoms with E-state index in [1.807, 2.05) is 6.08 Å². The standard InChI is InChI=1S/C22H21F3N2O/c1-2-10-26-11-8-22(9-12-26)14-27(19-7-6-15(23)13-17(19)22)21(28)16-4-3-5-18(24)20(16)25/h2-7,13H,1,8-12,14H2. The van der Waals surface area contributed by atoms with E-state index in [9.17, 15) is 18.0 Å². The average molecular weight is 386 g/mol. The molecule has 3 nitrogen and oxygen atoms in total. The van der Waals surface area contributed by atoms with Crippen molar-refractivity contribution in [3.8, 4) is 0 Å². The fraction of sp³-hybridized carbons (Fsp3) is 0.318. The van der Waals surface area contributed by atoms with Crippen molar-refractivity contribution in [2.24, 2.45) is 0 Å².